The zero-order valence-electron chi connectivity index (χ0n) is 6.83. The van der Waals surface area contributed by atoms with Gasteiger partial charge >= 0.3 is 0 Å². The van der Waals surface area contributed by atoms with Crippen molar-refractivity contribution in [1.82, 2.24) is 14.9 Å². The number of halogens is 1. The zero-order chi connectivity index (χ0) is 9.73. The van der Waals surface area contributed by atoms with E-state index in [1.165, 1.54) is 12.4 Å². The van der Waals surface area contributed by atoms with Crippen molar-refractivity contribution >= 4 is 32.6 Å². The average molecular weight is 315 g/mol. The van der Waals surface area contributed by atoms with Crippen molar-refractivity contribution in [2.75, 3.05) is 11.0 Å². The van der Waals surface area contributed by atoms with Crippen LogP contribution in [-0.4, -0.2) is 29.6 Å². The van der Waals surface area contributed by atoms with Gasteiger partial charge in [0.25, 0.3) is 0 Å². The minimum Gasteiger partial charge on any atom is -0.284 e. The SMILES string of the molecule is O=S(=O)(NCCCI)c1cn[nH]c1. The lowest BCUT2D eigenvalue weighted by Crippen LogP contribution is -2.24. The maximum absolute atomic E-state index is 11.4. The van der Waals surface area contributed by atoms with Crippen LogP contribution >= 0.6 is 22.6 Å². The highest BCUT2D eigenvalue weighted by atomic mass is 127. The quantitative estimate of drug-likeness (QED) is 0.472. The van der Waals surface area contributed by atoms with Gasteiger partial charge in [0, 0.05) is 17.2 Å². The van der Waals surface area contributed by atoms with E-state index in [2.05, 4.69) is 37.5 Å². The summed E-state index contributed by atoms with van der Waals surface area (Å²) >= 11 is 2.20. The van der Waals surface area contributed by atoms with Crippen molar-refractivity contribution in [2.24, 2.45) is 0 Å². The van der Waals surface area contributed by atoms with Gasteiger partial charge in [-0.1, -0.05) is 22.6 Å². The van der Waals surface area contributed by atoms with E-state index in [0.717, 1.165) is 10.8 Å². The van der Waals surface area contributed by atoms with Crippen LogP contribution in [0.4, 0.5) is 0 Å². The molecule has 2 N–H and O–H groups in total. The molecule has 0 saturated carbocycles. The second kappa shape index (κ2) is 4.91. The van der Waals surface area contributed by atoms with Crippen LogP contribution in [0.5, 0.6) is 0 Å². The van der Waals surface area contributed by atoms with Crippen LogP contribution in [0, 0.1) is 0 Å². The number of aromatic amines is 1. The number of hydrogen-bond donors (Lipinski definition) is 2. The Morgan fingerprint density at radius 3 is 2.92 bits per heavy atom. The van der Waals surface area contributed by atoms with Crippen LogP contribution in [0.15, 0.2) is 17.3 Å². The third-order valence-corrected chi connectivity index (χ3v) is 3.58. The molecule has 0 atom stereocenters. The van der Waals surface area contributed by atoms with Gasteiger partial charge in [-0.05, 0) is 6.42 Å². The molecule has 0 bridgehead atoms. The minimum absolute atomic E-state index is 0.181. The summed E-state index contributed by atoms with van der Waals surface area (Å²) < 4.78 is 26.2. The number of rotatable bonds is 5. The van der Waals surface area contributed by atoms with E-state index in [9.17, 15) is 8.42 Å². The second-order valence-corrected chi connectivity index (χ2v) is 5.22. The number of aromatic nitrogens is 2. The summed E-state index contributed by atoms with van der Waals surface area (Å²) in [5.74, 6) is 0. The van der Waals surface area contributed by atoms with Crippen LogP contribution in [0.3, 0.4) is 0 Å². The lowest BCUT2D eigenvalue weighted by Gasteiger charge is -2.01. The zero-order valence-corrected chi connectivity index (χ0v) is 9.80. The summed E-state index contributed by atoms with van der Waals surface area (Å²) in [7, 11) is -3.34. The molecule has 0 aromatic carbocycles. The summed E-state index contributed by atoms with van der Waals surface area (Å²) in [6.07, 6.45) is 3.47. The largest absolute Gasteiger partial charge is 0.284 e. The number of alkyl halides is 1. The lowest BCUT2D eigenvalue weighted by molar-refractivity contribution is 0.581. The Morgan fingerprint density at radius 2 is 2.38 bits per heavy atom. The van der Waals surface area contributed by atoms with Gasteiger partial charge in [0.2, 0.25) is 10.0 Å². The first-order valence-electron chi connectivity index (χ1n) is 3.71. The number of sulfonamides is 1. The van der Waals surface area contributed by atoms with Gasteiger partial charge in [-0.15, -0.1) is 0 Å². The van der Waals surface area contributed by atoms with Gasteiger partial charge in [-0.2, -0.15) is 5.10 Å². The molecule has 0 fully saturated rings. The van der Waals surface area contributed by atoms with Crippen molar-refractivity contribution < 1.29 is 8.42 Å². The predicted molar refractivity (Wildman–Crippen MR) is 57.3 cm³/mol. The van der Waals surface area contributed by atoms with Crippen LogP contribution in [0.2, 0.25) is 0 Å². The molecule has 5 nitrogen and oxygen atoms in total. The average Bonchev–Trinajstić information content (AvgIpc) is 2.56. The Morgan fingerprint density at radius 1 is 1.62 bits per heavy atom. The molecule has 0 aliphatic rings. The van der Waals surface area contributed by atoms with Crippen molar-refractivity contribution in [2.45, 2.75) is 11.3 Å². The van der Waals surface area contributed by atoms with Crippen molar-refractivity contribution in [3.63, 3.8) is 0 Å². The monoisotopic (exact) mass is 315 g/mol. The molecule has 0 aliphatic carbocycles. The fourth-order valence-electron chi connectivity index (χ4n) is 0.743. The first-order valence-corrected chi connectivity index (χ1v) is 6.72. The van der Waals surface area contributed by atoms with Crippen LogP contribution < -0.4 is 4.72 Å². The van der Waals surface area contributed by atoms with Gasteiger partial charge in [-0.25, -0.2) is 13.1 Å². The Kier molecular flexibility index (Phi) is 4.13. The summed E-state index contributed by atoms with van der Waals surface area (Å²) in [6, 6.07) is 0. The molecule has 0 aliphatic heterocycles. The standard InChI is InChI=1S/C6H10IN3O2S/c7-2-1-3-10-13(11,12)6-4-8-9-5-6/h4-5,10H,1-3H2,(H,8,9). The summed E-state index contributed by atoms with van der Waals surface area (Å²) in [5, 5.41) is 6.03. The minimum atomic E-state index is -3.34. The number of nitrogens with zero attached hydrogens (tertiary/aromatic N) is 1. The number of nitrogens with one attached hydrogen (secondary N) is 2. The maximum Gasteiger partial charge on any atom is 0.243 e. The molecule has 0 unspecified atom stereocenters. The Bertz CT molecular complexity index is 335. The van der Waals surface area contributed by atoms with Gasteiger partial charge in [0.05, 0.1) is 6.20 Å². The molecule has 1 rings (SSSR count). The highest BCUT2D eigenvalue weighted by molar-refractivity contribution is 14.1. The highest BCUT2D eigenvalue weighted by Crippen LogP contribution is 2.03. The van der Waals surface area contributed by atoms with Crippen LogP contribution in [-0.2, 0) is 10.0 Å². The predicted octanol–water partition coefficient (Wildman–Crippen LogP) is 0.513. The van der Waals surface area contributed by atoms with E-state index in [1.54, 1.807) is 0 Å². The van der Waals surface area contributed by atoms with Gasteiger partial charge in [0.1, 0.15) is 4.90 Å². The van der Waals surface area contributed by atoms with E-state index < -0.39 is 10.0 Å². The normalized spacial score (nSPS) is 11.8. The van der Waals surface area contributed by atoms with Crippen molar-refractivity contribution in [3.05, 3.63) is 12.4 Å². The van der Waals surface area contributed by atoms with Gasteiger partial charge < -0.3 is 0 Å². The van der Waals surface area contributed by atoms with Crippen LogP contribution in [0.25, 0.3) is 0 Å². The van der Waals surface area contributed by atoms with Crippen molar-refractivity contribution in [3.8, 4) is 0 Å². The maximum atomic E-state index is 11.4. The molecule has 7 heteroatoms. The Hall–Kier alpha value is -0.150. The van der Waals surface area contributed by atoms with E-state index in [1.807, 2.05) is 0 Å². The third-order valence-electron chi connectivity index (χ3n) is 1.39. The molecular formula is C6H10IN3O2S. The molecule has 0 radical (unpaired) electrons. The molecule has 1 heterocycles. The Labute approximate surface area is 90.5 Å². The van der Waals surface area contributed by atoms with Gasteiger partial charge in [0.15, 0.2) is 0 Å². The molecule has 0 amide bonds. The smallest absolute Gasteiger partial charge is 0.243 e. The fraction of sp³-hybridized carbons (Fsp3) is 0.500. The molecule has 0 saturated heterocycles. The van der Waals surface area contributed by atoms with Crippen LogP contribution in [0.1, 0.15) is 6.42 Å². The first-order chi connectivity index (χ1) is 6.17. The van der Waals surface area contributed by atoms with Crippen molar-refractivity contribution in [1.29, 1.82) is 0 Å². The Balaban J connectivity index is 2.58. The highest BCUT2D eigenvalue weighted by Gasteiger charge is 2.13. The van der Waals surface area contributed by atoms with E-state index in [0.29, 0.717) is 6.54 Å². The third kappa shape index (κ3) is 3.24. The second-order valence-electron chi connectivity index (χ2n) is 2.37. The molecule has 74 valence electrons. The van der Waals surface area contributed by atoms with E-state index >= 15 is 0 Å². The topological polar surface area (TPSA) is 74.8 Å². The van der Waals surface area contributed by atoms with E-state index in [4.69, 9.17) is 0 Å². The molecule has 1 aromatic heterocycles. The molecule has 13 heavy (non-hydrogen) atoms. The summed E-state index contributed by atoms with van der Waals surface area (Å²) in [4.78, 5) is 0.181. The lowest BCUT2D eigenvalue weighted by atomic mass is 10.5. The molecule has 1 aromatic rings. The summed E-state index contributed by atoms with van der Waals surface area (Å²) in [6.45, 7) is 0.469. The van der Waals surface area contributed by atoms with E-state index in [-0.39, 0.29) is 4.90 Å². The fourth-order valence-corrected chi connectivity index (χ4v) is 2.10. The number of hydrogen-bond acceptors (Lipinski definition) is 3. The molecular weight excluding hydrogens is 305 g/mol. The summed E-state index contributed by atoms with van der Waals surface area (Å²) in [5.41, 5.74) is 0. The molecule has 0 spiro atoms. The van der Waals surface area contributed by atoms with Gasteiger partial charge in [-0.3, -0.25) is 5.10 Å². The number of H-pyrrole nitrogens is 1. The first kappa shape index (κ1) is 10.9.